The van der Waals surface area contributed by atoms with Crippen molar-refractivity contribution in [2.75, 3.05) is 20.7 Å². The molecule has 1 aliphatic heterocycles. The highest BCUT2D eigenvalue weighted by molar-refractivity contribution is 5.90. The van der Waals surface area contributed by atoms with Gasteiger partial charge in [-0.05, 0) is 35.9 Å². The normalized spacial score (nSPS) is 14.9. The topological polar surface area (TPSA) is 105 Å². The van der Waals surface area contributed by atoms with Gasteiger partial charge in [-0.2, -0.15) is 13.2 Å². The highest BCUT2D eigenvalue weighted by atomic mass is 19.4. The van der Waals surface area contributed by atoms with Gasteiger partial charge in [-0.25, -0.2) is 14.8 Å². The molecule has 1 aromatic heterocycles. The first-order chi connectivity index (χ1) is 16.6. The number of nitrogens with zero attached hydrogens (tertiary/aromatic N) is 3. The van der Waals surface area contributed by atoms with E-state index < -0.39 is 12.1 Å². The van der Waals surface area contributed by atoms with Crippen LogP contribution in [0.3, 0.4) is 0 Å². The maximum Gasteiger partial charge on any atom is 0.490 e. The molecule has 4 rings (SSSR count). The van der Waals surface area contributed by atoms with Gasteiger partial charge in [0, 0.05) is 31.0 Å². The number of amides is 1. The van der Waals surface area contributed by atoms with Crippen LogP contribution in [0.1, 0.15) is 27.8 Å². The Morgan fingerprint density at radius 2 is 1.77 bits per heavy atom. The third-order valence-corrected chi connectivity index (χ3v) is 5.32. The third kappa shape index (κ3) is 6.54. The molecule has 0 fully saturated rings. The number of ether oxygens (including phenoxy) is 1. The number of likely N-dealkylation sites (N-methyl/N-ethyl adjacent to an activating group) is 1. The number of hydrogen-bond donors (Lipinski definition) is 2. The molecule has 0 saturated heterocycles. The van der Waals surface area contributed by atoms with E-state index in [1.54, 1.807) is 19.5 Å². The van der Waals surface area contributed by atoms with Crippen LogP contribution in [0.4, 0.5) is 13.2 Å². The molecule has 0 saturated carbocycles. The molecule has 1 unspecified atom stereocenters. The van der Waals surface area contributed by atoms with Crippen LogP contribution in [0, 0.1) is 0 Å². The molecule has 1 amide bonds. The highest BCUT2D eigenvalue weighted by Gasteiger charge is 2.38. The van der Waals surface area contributed by atoms with Gasteiger partial charge in [0.05, 0.1) is 13.2 Å². The predicted octanol–water partition coefficient (Wildman–Crippen LogP) is 3.70. The summed E-state index contributed by atoms with van der Waals surface area (Å²) in [5.41, 5.74) is 4.35. The lowest BCUT2D eigenvalue weighted by molar-refractivity contribution is -0.192. The van der Waals surface area contributed by atoms with Crippen LogP contribution >= 0.6 is 0 Å². The molecule has 184 valence electrons. The van der Waals surface area contributed by atoms with E-state index in [1.165, 1.54) is 11.1 Å². The van der Waals surface area contributed by atoms with E-state index in [9.17, 15) is 18.0 Å². The Balaban J connectivity index is 0.000000429. The van der Waals surface area contributed by atoms with Crippen molar-refractivity contribution >= 4 is 11.9 Å². The first-order valence-corrected chi connectivity index (χ1v) is 10.4. The Kier molecular flexibility index (Phi) is 8.02. The van der Waals surface area contributed by atoms with Crippen molar-refractivity contribution in [3.05, 3.63) is 77.9 Å². The highest BCUT2D eigenvalue weighted by Crippen LogP contribution is 2.31. The van der Waals surface area contributed by atoms with Crippen molar-refractivity contribution in [2.24, 2.45) is 0 Å². The number of nitrogens with one attached hydrogen (secondary N) is 1. The van der Waals surface area contributed by atoms with Crippen molar-refractivity contribution in [3.8, 4) is 16.9 Å². The minimum absolute atomic E-state index is 0.163. The summed E-state index contributed by atoms with van der Waals surface area (Å²) in [6, 6.07) is 16.1. The molecule has 11 heteroatoms. The Morgan fingerprint density at radius 3 is 2.40 bits per heavy atom. The molecule has 2 heterocycles. The minimum atomic E-state index is -5.08. The number of carboxylic acid groups (broad SMARTS) is 1. The molecule has 0 bridgehead atoms. The zero-order valence-electron chi connectivity index (χ0n) is 18.9. The number of methoxy groups -OCH3 is 1. The number of aromatic nitrogens is 2. The van der Waals surface area contributed by atoms with Gasteiger partial charge in [-0.1, -0.05) is 36.4 Å². The smallest absolute Gasteiger partial charge is 0.490 e. The van der Waals surface area contributed by atoms with Crippen LogP contribution in [0.15, 0.2) is 60.9 Å². The van der Waals surface area contributed by atoms with E-state index in [0.717, 1.165) is 23.4 Å². The van der Waals surface area contributed by atoms with Crippen LogP contribution in [-0.2, 0) is 11.3 Å². The number of carbonyl (C=O) groups is 2. The van der Waals surface area contributed by atoms with Crippen LogP contribution in [0.5, 0.6) is 5.75 Å². The van der Waals surface area contributed by atoms with E-state index >= 15 is 0 Å². The van der Waals surface area contributed by atoms with Gasteiger partial charge in [0.1, 0.15) is 5.75 Å². The predicted molar refractivity (Wildman–Crippen MR) is 121 cm³/mol. The fourth-order valence-electron chi connectivity index (χ4n) is 3.55. The Bertz CT molecular complexity index is 1190. The Labute approximate surface area is 199 Å². The second-order valence-corrected chi connectivity index (χ2v) is 7.67. The SMILES string of the molecule is COc1cccc(-c2cnc(C(=O)NCC3c4ccccc4CN3C)nc2)c1.O=C(O)C(F)(F)F. The van der Waals surface area contributed by atoms with Crippen molar-refractivity contribution < 1.29 is 32.6 Å². The third-order valence-electron chi connectivity index (χ3n) is 5.32. The van der Waals surface area contributed by atoms with Gasteiger partial charge in [-0.15, -0.1) is 0 Å². The summed E-state index contributed by atoms with van der Waals surface area (Å²) in [5.74, 6) is -2.09. The van der Waals surface area contributed by atoms with Gasteiger partial charge in [-0.3, -0.25) is 9.69 Å². The van der Waals surface area contributed by atoms with Gasteiger partial charge >= 0.3 is 12.1 Å². The molecule has 3 aromatic rings. The van der Waals surface area contributed by atoms with E-state index in [2.05, 4.69) is 39.4 Å². The second kappa shape index (κ2) is 11.0. The first-order valence-electron chi connectivity index (χ1n) is 10.4. The van der Waals surface area contributed by atoms with Crippen LogP contribution in [0.25, 0.3) is 11.1 Å². The summed E-state index contributed by atoms with van der Waals surface area (Å²) in [7, 11) is 3.69. The van der Waals surface area contributed by atoms with E-state index in [0.29, 0.717) is 6.54 Å². The summed E-state index contributed by atoms with van der Waals surface area (Å²) in [5, 5.41) is 10.1. The molecule has 2 aromatic carbocycles. The number of rotatable bonds is 5. The second-order valence-electron chi connectivity index (χ2n) is 7.67. The zero-order valence-corrected chi connectivity index (χ0v) is 18.9. The number of benzene rings is 2. The summed E-state index contributed by atoms with van der Waals surface area (Å²) >= 11 is 0. The molecular formula is C24H23F3N4O4. The summed E-state index contributed by atoms with van der Waals surface area (Å²) in [6.45, 7) is 1.41. The maximum atomic E-state index is 12.5. The number of carbonyl (C=O) groups excluding carboxylic acids is 1. The van der Waals surface area contributed by atoms with E-state index in [-0.39, 0.29) is 17.8 Å². The maximum absolute atomic E-state index is 12.5. The fraction of sp³-hybridized carbons (Fsp3) is 0.250. The Hall–Kier alpha value is -3.99. The fourth-order valence-corrected chi connectivity index (χ4v) is 3.55. The van der Waals surface area contributed by atoms with E-state index in [4.69, 9.17) is 14.6 Å². The molecule has 2 N–H and O–H groups in total. The number of halogens is 3. The molecule has 0 aliphatic carbocycles. The average molecular weight is 488 g/mol. The lowest BCUT2D eigenvalue weighted by Crippen LogP contribution is -2.33. The largest absolute Gasteiger partial charge is 0.497 e. The van der Waals surface area contributed by atoms with Crippen molar-refractivity contribution in [1.29, 1.82) is 0 Å². The number of fused-ring (bicyclic) bond motifs is 1. The molecule has 35 heavy (non-hydrogen) atoms. The minimum Gasteiger partial charge on any atom is -0.497 e. The van der Waals surface area contributed by atoms with Crippen LogP contribution in [-0.4, -0.2) is 58.7 Å². The molecular weight excluding hydrogens is 465 g/mol. The number of aliphatic carboxylic acids is 1. The van der Waals surface area contributed by atoms with Crippen LogP contribution in [0.2, 0.25) is 0 Å². The molecule has 0 radical (unpaired) electrons. The van der Waals surface area contributed by atoms with Gasteiger partial charge in [0.15, 0.2) is 0 Å². The average Bonchev–Trinajstić information content (AvgIpc) is 3.17. The number of hydrogen-bond acceptors (Lipinski definition) is 6. The first kappa shape index (κ1) is 25.6. The van der Waals surface area contributed by atoms with Gasteiger partial charge in [0.25, 0.3) is 5.91 Å². The number of alkyl halides is 3. The van der Waals surface area contributed by atoms with E-state index in [1.807, 2.05) is 36.4 Å². The van der Waals surface area contributed by atoms with Gasteiger partial charge in [0.2, 0.25) is 5.82 Å². The van der Waals surface area contributed by atoms with Crippen molar-refractivity contribution in [3.63, 3.8) is 0 Å². The molecule has 0 spiro atoms. The summed E-state index contributed by atoms with van der Waals surface area (Å²) < 4.78 is 37.0. The zero-order chi connectivity index (χ0) is 25.6. The molecule has 8 nitrogen and oxygen atoms in total. The standard InChI is InChI=1S/C22H22N4O2.C2HF3O2/c1-26-14-16-6-3-4-9-19(16)20(26)13-25-22(27)21-23-11-17(12-24-21)15-7-5-8-18(10-15)28-2;3-2(4,5)1(6)7/h3-12,20H,13-14H2,1-2H3,(H,25,27);(H,6,7). The van der Waals surface area contributed by atoms with Gasteiger partial charge < -0.3 is 15.2 Å². The number of carboxylic acids is 1. The Morgan fingerprint density at radius 1 is 1.11 bits per heavy atom. The lowest BCUT2D eigenvalue weighted by atomic mass is 10.1. The summed E-state index contributed by atoms with van der Waals surface area (Å²) in [4.78, 5) is 32.1. The molecule has 1 atom stereocenters. The van der Waals surface area contributed by atoms with Crippen LogP contribution < -0.4 is 10.1 Å². The lowest BCUT2D eigenvalue weighted by Gasteiger charge is -2.20. The monoisotopic (exact) mass is 488 g/mol. The summed E-state index contributed by atoms with van der Waals surface area (Å²) in [6.07, 6.45) is -1.76. The van der Waals surface area contributed by atoms with Crippen molar-refractivity contribution in [1.82, 2.24) is 20.2 Å². The quantitative estimate of drug-likeness (QED) is 0.564. The van der Waals surface area contributed by atoms with Crippen molar-refractivity contribution in [2.45, 2.75) is 18.8 Å². The molecule has 1 aliphatic rings.